The van der Waals surface area contributed by atoms with E-state index in [0.717, 1.165) is 16.1 Å². The van der Waals surface area contributed by atoms with Crippen LogP contribution in [0.1, 0.15) is 28.4 Å². The normalized spacial score (nSPS) is 18.8. The zero-order valence-corrected chi connectivity index (χ0v) is 14.9. The summed E-state index contributed by atoms with van der Waals surface area (Å²) < 4.78 is 0. The van der Waals surface area contributed by atoms with Crippen molar-refractivity contribution in [3.63, 3.8) is 0 Å². The highest BCUT2D eigenvalue weighted by molar-refractivity contribution is 7.80. The summed E-state index contributed by atoms with van der Waals surface area (Å²) in [5, 5.41) is 7.27. The average molecular weight is 344 g/mol. The number of hydrogen-bond acceptors (Lipinski definition) is 2. The number of hydrogen-bond donors (Lipinski definition) is 2. The van der Waals surface area contributed by atoms with Crippen molar-refractivity contribution in [2.45, 2.75) is 18.6 Å². The summed E-state index contributed by atoms with van der Waals surface area (Å²) in [6, 6.07) is 29.4. The zero-order chi connectivity index (χ0) is 17.3. The predicted molar refractivity (Wildman–Crippen MR) is 106 cm³/mol. The number of benzene rings is 3. The summed E-state index contributed by atoms with van der Waals surface area (Å²) in [6.07, 6.45) is -0.0199. The Balaban J connectivity index is 1.82. The van der Waals surface area contributed by atoms with Crippen LogP contribution < -0.4 is 10.6 Å². The van der Waals surface area contributed by atoms with E-state index in [1.54, 1.807) is 0 Å². The monoisotopic (exact) mass is 344 g/mol. The Morgan fingerprint density at radius 3 is 1.80 bits per heavy atom. The SMILES string of the molecule is Cc1ccc(C2NC(=S)C(c3ccccc3)(c3ccccc3)N2)cc1. The van der Waals surface area contributed by atoms with Gasteiger partial charge in [-0.2, -0.15) is 0 Å². The van der Waals surface area contributed by atoms with Crippen molar-refractivity contribution in [1.29, 1.82) is 0 Å². The molecule has 2 N–H and O–H groups in total. The van der Waals surface area contributed by atoms with Gasteiger partial charge in [-0.05, 0) is 23.6 Å². The largest absolute Gasteiger partial charge is 0.358 e. The Labute approximate surface area is 153 Å². The lowest BCUT2D eigenvalue weighted by Gasteiger charge is -2.30. The van der Waals surface area contributed by atoms with Crippen LogP contribution >= 0.6 is 12.2 Å². The van der Waals surface area contributed by atoms with E-state index in [1.807, 2.05) is 12.1 Å². The maximum Gasteiger partial charge on any atom is 0.122 e. The van der Waals surface area contributed by atoms with Gasteiger partial charge in [0.15, 0.2) is 0 Å². The van der Waals surface area contributed by atoms with Gasteiger partial charge in [-0.3, -0.25) is 5.32 Å². The molecule has 0 spiro atoms. The second-order valence-electron chi connectivity index (χ2n) is 6.44. The molecular weight excluding hydrogens is 324 g/mol. The molecule has 3 aromatic rings. The number of nitrogens with one attached hydrogen (secondary N) is 2. The maximum atomic E-state index is 5.85. The maximum absolute atomic E-state index is 5.85. The standard InChI is InChI=1S/C22H20N2S/c1-16-12-14-17(15-13-16)20-23-21(25)22(24-20,18-8-4-2-5-9-18)19-10-6-3-7-11-19/h2-15,20,24H,1H3,(H,23,25). The molecule has 25 heavy (non-hydrogen) atoms. The van der Waals surface area contributed by atoms with Gasteiger partial charge in [-0.15, -0.1) is 0 Å². The Morgan fingerprint density at radius 2 is 1.28 bits per heavy atom. The van der Waals surface area contributed by atoms with Gasteiger partial charge in [0.2, 0.25) is 0 Å². The third-order valence-corrected chi connectivity index (χ3v) is 5.23. The van der Waals surface area contributed by atoms with Crippen molar-refractivity contribution in [2.24, 2.45) is 0 Å². The van der Waals surface area contributed by atoms with Crippen molar-refractivity contribution in [3.05, 3.63) is 107 Å². The van der Waals surface area contributed by atoms with E-state index in [0.29, 0.717) is 0 Å². The first kappa shape index (κ1) is 16.0. The van der Waals surface area contributed by atoms with Gasteiger partial charge in [0.1, 0.15) is 16.7 Å². The first-order valence-corrected chi connectivity index (χ1v) is 8.87. The van der Waals surface area contributed by atoms with E-state index in [-0.39, 0.29) is 6.17 Å². The van der Waals surface area contributed by atoms with Crippen LogP contribution in [-0.2, 0) is 5.54 Å². The molecule has 1 unspecified atom stereocenters. The highest BCUT2D eigenvalue weighted by atomic mass is 32.1. The van der Waals surface area contributed by atoms with Gasteiger partial charge in [0.25, 0.3) is 0 Å². The first-order chi connectivity index (χ1) is 12.2. The second kappa shape index (κ2) is 6.43. The fourth-order valence-electron chi connectivity index (χ4n) is 3.45. The molecule has 0 amide bonds. The van der Waals surface area contributed by atoms with E-state index in [9.17, 15) is 0 Å². The van der Waals surface area contributed by atoms with E-state index >= 15 is 0 Å². The van der Waals surface area contributed by atoms with Crippen LogP contribution in [0.5, 0.6) is 0 Å². The molecule has 1 aliphatic rings. The molecule has 1 heterocycles. The topological polar surface area (TPSA) is 24.1 Å². The molecule has 1 aliphatic heterocycles. The zero-order valence-electron chi connectivity index (χ0n) is 14.1. The van der Waals surface area contributed by atoms with Crippen LogP contribution in [0.25, 0.3) is 0 Å². The van der Waals surface area contributed by atoms with Crippen molar-refractivity contribution in [3.8, 4) is 0 Å². The van der Waals surface area contributed by atoms with Crippen LogP contribution in [0, 0.1) is 6.92 Å². The van der Waals surface area contributed by atoms with Gasteiger partial charge in [0, 0.05) is 0 Å². The average Bonchev–Trinajstić information content (AvgIpc) is 3.02. The van der Waals surface area contributed by atoms with Gasteiger partial charge < -0.3 is 5.32 Å². The molecule has 3 heteroatoms. The Bertz CT molecular complexity index is 833. The lowest BCUT2D eigenvalue weighted by molar-refractivity contribution is 0.483. The number of aryl methyl sites for hydroxylation is 1. The molecule has 0 aromatic heterocycles. The molecular formula is C22H20N2S. The van der Waals surface area contributed by atoms with Crippen molar-refractivity contribution in [2.75, 3.05) is 0 Å². The summed E-state index contributed by atoms with van der Waals surface area (Å²) in [5.74, 6) is 0. The minimum absolute atomic E-state index is 0.0199. The number of rotatable bonds is 3. The molecule has 2 nitrogen and oxygen atoms in total. The molecule has 0 saturated carbocycles. The van der Waals surface area contributed by atoms with Crippen molar-refractivity contribution in [1.82, 2.24) is 10.6 Å². The van der Waals surface area contributed by atoms with E-state index in [2.05, 4.69) is 90.4 Å². The summed E-state index contributed by atoms with van der Waals surface area (Å²) >= 11 is 5.85. The Morgan fingerprint density at radius 1 is 0.760 bits per heavy atom. The van der Waals surface area contributed by atoms with E-state index in [4.69, 9.17) is 12.2 Å². The lowest BCUT2D eigenvalue weighted by atomic mass is 9.83. The molecule has 0 aliphatic carbocycles. The molecule has 3 aromatic carbocycles. The van der Waals surface area contributed by atoms with Crippen molar-refractivity contribution >= 4 is 17.2 Å². The molecule has 1 atom stereocenters. The molecule has 124 valence electrons. The first-order valence-electron chi connectivity index (χ1n) is 8.46. The van der Waals surface area contributed by atoms with Gasteiger partial charge in [-0.1, -0.05) is 103 Å². The van der Waals surface area contributed by atoms with Gasteiger partial charge >= 0.3 is 0 Å². The molecule has 1 saturated heterocycles. The summed E-state index contributed by atoms with van der Waals surface area (Å²) in [4.78, 5) is 0.801. The van der Waals surface area contributed by atoms with Crippen LogP contribution in [0.2, 0.25) is 0 Å². The third-order valence-electron chi connectivity index (χ3n) is 4.80. The Kier molecular flexibility index (Phi) is 4.12. The smallest absolute Gasteiger partial charge is 0.122 e. The Hall–Kier alpha value is -2.49. The summed E-state index contributed by atoms with van der Waals surface area (Å²) in [5.41, 5.74) is 4.21. The van der Waals surface area contributed by atoms with Crippen LogP contribution in [0.4, 0.5) is 0 Å². The van der Waals surface area contributed by atoms with E-state index < -0.39 is 5.54 Å². The summed E-state index contributed by atoms with van der Waals surface area (Å²) in [6.45, 7) is 2.10. The number of thiocarbonyl (C=S) groups is 1. The van der Waals surface area contributed by atoms with Crippen LogP contribution in [0.3, 0.4) is 0 Å². The highest BCUT2D eigenvalue weighted by Gasteiger charge is 2.46. The van der Waals surface area contributed by atoms with Gasteiger partial charge in [-0.25, -0.2) is 0 Å². The van der Waals surface area contributed by atoms with Gasteiger partial charge in [0.05, 0.1) is 0 Å². The van der Waals surface area contributed by atoms with E-state index in [1.165, 1.54) is 11.1 Å². The highest BCUT2D eigenvalue weighted by Crippen LogP contribution is 2.37. The van der Waals surface area contributed by atoms with Crippen LogP contribution in [-0.4, -0.2) is 4.99 Å². The molecule has 0 bridgehead atoms. The molecule has 1 fully saturated rings. The lowest BCUT2D eigenvalue weighted by Crippen LogP contribution is -2.43. The quantitative estimate of drug-likeness (QED) is 0.686. The minimum Gasteiger partial charge on any atom is -0.358 e. The second-order valence-corrected chi connectivity index (χ2v) is 6.85. The minimum atomic E-state index is -0.520. The molecule has 0 radical (unpaired) electrons. The summed E-state index contributed by atoms with van der Waals surface area (Å²) in [7, 11) is 0. The van der Waals surface area contributed by atoms with Crippen LogP contribution in [0.15, 0.2) is 84.9 Å². The third kappa shape index (κ3) is 2.76. The molecule has 4 rings (SSSR count). The fourth-order valence-corrected chi connectivity index (χ4v) is 3.87. The van der Waals surface area contributed by atoms with Crippen molar-refractivity contribution < 1.29 is 0 Å². The fraction of sp³-hybridized carbons (Fsp3) is 0.136. The predicted octanol–water partition coefficient (Wildman–Crippen LogP) is 4.46.